The molecule has 0 spiro atoms. The van der Waals surface area contributed by atoms with E-state index in [1.54, 1.807) is 7.11 Å². The molecule has 0 aliphatic carbocycles. The minimum absolute atomic E-state index is 0.674. The maximum atomic E-state index is 5.11. The molecule has 1 saturated heterocycles. The average Bonchev–Trinajstić information content (AvgIpc) is 2.34. The molecule has 1 aliphatic heterocycles. The third-order valence-electron chi connectivity index (χ3n) is 3.73. The molecule has 3 nitrogen and oxygen atoms in total. The van der Waals surface area contributed by atoms with Crippen LogP contribution in [0.3, 0.4) is 0 Å². The fourth-order valence-electron chi connectivity index (χ4n) is 2.52. The highest BCUT2D eigenvalue weighted by molar-refractivity contribution is 4.74. The molecule has 1 aliphatic rings. The number of unbranched alkanes of at least 4 members (excludes halogenated alkanes) is 1. The Balaban J connectivity index is 2.21. The predicted molar refractivity (Wildman–Crippen MR) is 73.4 cm³/mol. The van der Waals surface area contributed by atoms with Gasteiger partial charge in [-0.2, -0.15) is 0 Å². The maximum Gasteiger partial charge on any atom is 0.0462 e. The monoisotopic (exact) mass is 242 g/mol. The second-order valence-electron chi connectivity index (χ2n) is 5.48. The largest absolute Gasteiger partial charge is 0.385 e. The number of nitrogens with zero attached hydrogens (tertiary/aromatic N) is 1. The van der Waals surface area contributed by atoms with Gasteiger partial charge in [-0.3, -0.25) is 0 Å². The lowest BCUT2D eigenvalue weighted by atomic mass is 9.97. The highest BCUT2D eigenvalue weighted by Crippen LogP contribution is 2.15. The van der Waals surface area contributed by atoms with Crippen LogP contribution >= 0.6 is 0 Å². The van der Waals surface area contributed by atoms with E-state index >= 15 is 0 Å². The fourth-order valence-corrected chi connectivity index (χ4v) is 2.52. The van der Waals surface area contributed by atoms with Crippen LogP contribution in [0.4, 0.5) is 0 Å². The van der Waals surface area contributed by atoms with Gasteiger partial charge in [0.05, 0.1) is 0 Å². The van der Waals surface area contributed by atoms with Crippen LogP contribution in [0.25, 0.3) is 0 Å². The van der Waals surface area contributed by atoms with Gasteiger partial charge in [-0.1, -0.05) is 0 Å². The van der Waals surface area contributed by atoms with E-state index in [-0.39, 0.29) is 0 Å². The first-order valence-corrected chi connectivity index (χ1v) is 7.17. The average molecular weight is 242 g/mol. The summed E-state index contributed by atoms with van der Waals surface area (Å²) in [5, 5.41) is 3.44. The van der Waals surface area contributed by atoms with Crippen LogP contribution in [0.15, 0.2) is 0 Å². The van der Waals surface area contributed by atoms with Gasteiger partial charge in [0.2, 0.25) is 0 Å². The van der Waals surface area contributed by atoms with Crippen molar-refractivity contribution in [2.75, 3.05) is 39.9 Å². The second-order valence-corrected chi connectivity index (χ2v) is 5.48. The van der Waals surface area contributed by atoms with E-state index in [0.717, 1.165) is 12.5 Å². The summed E-state index contributed by atoms with van der Waals surface area (Å²) in [6.07, 6.45) is 5.14. The summed E-state index contributed by atoms with van der Waals surface area (Å²) < 4.78 is 5.11. The van der Waals surface area contributed by atoms with Crippen LogP contribution in [0.2, 0.25) is 0 Å². The molecule has 0 aromatic heterocycles. The Hall–Kier alpha value is -0.120. The molecule has 0 radical (unpaired) electrons. The van der Waals surface area contributed by atoms with Gasteiger partial charge in [0.1, 0.15) is 0 Å². The van der Waals surface area contributed by atoms with Crippen molar-refractivity contribution in [1.29, 1.82) is 0 Å². The van der Waals surface area contributed by atoms with Crippen molar-refractivity contribution in [3.63, 3.8) is 0 Å². The van der Waals surface area contributed by atoms with Gasteiger partial charge in [0.25, 0.3) is 0 Å². The quantitative estimate of drug-likeness (QED) is 0.660. The maximum absolute atomic E-state index is 5.11. The Morgan fingerprint density at radius 1 is 1.24 bits per heavy atom. The SMILES string of the molecule is COCCCCN(CC1CCNCC1)C(C)C. The van der Waals surface area contributed by atoms with Gasteiger partial charge in [0.15, 0.2) is 0 Å². The molecular weight excluding hydrogens is 212 g/mol. The van der Waals surface area contributed by atoms with Crippen molar-refractivity contribution in [1.82, 2.24) is 10.2 Å². The first-order chi connectivity index (χ1) is 8.24. The molecular formula is C14H30N2O. The molecule has 17 heavy (non-hydrogen) atoms. The molecule has 1 fully saturated rings. The summed E-state index contributed by atoms with van der Waals surface area (Å²) in [7, 11) is 1.79. The van der Waals surface area contributed by atoms with E-state index in [9.17, 15) is 0 Å². The van der Waals surface area contributed by atoms with E-state index in [0.29, 0.717) is 6.04 Å². The first-order valence-electron chi connectivity index (χ1n) is 7.17. The Morgan fingerprint density at radius 3 is 2.53 bits per heavy atom. The van der Waals surface area contributed by atoms with Crippen LogP contribution in [0.5, 0.6) is 0 Å². The Morgan fingerprint density at radius 2 is 1.94 bits per heavy atom. The second kappa shape index (κ2) is 8.90. The number of ether oxygens (including phenoxy) is 1. The number of hydrogen-bond donors (Lipinski definition) is 1. The van der Waals surface area contributed by atoms with Crippen molar-refractivity contribution in [3.8, 4) is 0 Å². The highest BCUT2D eigenvalue weighted by atomic mass is 16.5. The minimum atomic E-state index is 0.674. The molecule has 0 saturated carbocycles. The first kappa shape index (κ1) is 14.9. The molecule has 1 heterocycles. The van der Waals surface area contributed by atoms with E-state index in [4.69, 9.17) is 4.74 Å². The van der Waals surface area contributed by atoms with Crippen LogP contribution in [-0.4, -0.2) is 50.8 Å². The van der Waals surface area contributed by atoms with Gasteiger partial charge < -0.3 is 15.0 Å². The molecule has 0 atom stereocenters. The van der Waals surface area contributed by atoms with Crippen molar-refractivity contribution in [2.24, 2.45) is 5.92 Å². The third-order valence-corrected chi connectivity index (χ3v) is 3.73. The fraction of sp³-hybridized carbons (Fsp3) is 1.00. The number of nitrogens with one attached hydrogen (secondary N) is 1. The highest BCUT2D eigenvalue weighted by Gasteiger charge is 2.18. The van der Waals surface area contributed by atoms with Gasteiger partial charge in [0, 0.05) is 26.3 Å². The van der Waals surface area contributed by atoms with Crippen LogP contribution in [0.1, 0.15) is 39.5 Å². The smallest absolute Gasteiger partial charge is 0.0462 e. The molecule has 0 unspecified atom stereocenters. The van der Waals surface area contributed by atoms with Crippen molar-refractivity contribution >= 4 is 0 Å². The van der Waals surface area contributed by atoms with Crippen LogP contribution < -0.4 is 5.32 Å². The topological polar surface area (TPSA) is 24.5 Å². The zero-order valence-corrected chi connectivity index (χ0v) is 11.9. The van der Waals surface area contributed by atoms with E-state index < -0.39 is 0 Å². The van der Waals surface area contributed by atoms with Crippen LogP contribution in [-0.2, 0) is 4.74 Å². The van der Waals surface area contributed by atoms with Crippen molar-refractivity contribution in [3.05, 3.63) is 0 Å². The summed E-state index contributed by atoms with van der Waals surface area (Å²) in [6, 6.07) is 0.674. The van der Waals surface area contributed by atoms with Gasteiger partial charge in [-0.05, 0) is 65.1 Å². The Kier molecular flexibility index (Phi) is 7.82. The lowest BCUT2D eigenvalue weighted by Gasteiger charge is -2.32. The Bertz CT molecular complexity index is 179. The molecule has 3 heteroatoms. The summed E-state index contributed by atoms with van der Waals surface area (Å²) in [5.74, 6) is 0.904. The number of rotatable bonds is 8. The summed E-state index contributed by atoms with van der Waals surface area (Å²) in [5.41, 5.74) is 0. The number of piperidine rings is 1. The number of methoxy groups -OCH3 is 1. The predicted octanol–water partition coefficient (Wildman–Crippen LogP) is 2.12. The molecule has 102 valence electrons. The summed E-state index contributed by atoms with van der Waals surface area (Å²) in [6.45, 7) is 10.5. The summed E-state index contributed by atoms with van der Waals surface area (Å²) in [4.78, 5) is 2.64. The molecule has 0 amide bonds. The van der Waals surface area contributed by atoms with E-state index in [2.05, 4.69) is 24.1 Å². The zero-order valence-electron chi connectivity index (χ0n) is 11.9. The minimum Gasteiger partial charge on any atom is -0.385 e. The molecule has 1 N–H and O–H groups in total. The lowest BCUT2D eigenvalue weighted by molar-refractivity contribution is 0.152. The Labute approximate surface area is 107 Å². The van der Waals surface area contributed by atoms with Crippen molar-refractivity contribution < 1.29 is 4.74 Å². The van der Waals surface area contributed by atoms with Crippen LogP contribution in [0, 0.1) is 5.92 Å². The molecule has 0 bridgehead atoms. The lowest BCUT2D eigenvalue weighted by Crippen LogP contribution is -2.40. The van der Waals surface area contributed by atoms with E-state index in [1.807, 2.05) is 0 Å². The van der Waals surface area contributed by atoms with E-state index in [1.165, 1.54) is 51.9 Å². The normalized spacial score (nSPS) is 18.2. The molecule has 0 aromatic carbocycles. The number of hydrogen-bond acceptors (Lipinski definition) is 3. The molecule has 0 aromatic rings. The molecule has 1 rings (SSSR count). The van der Waals surface area contributed by atoms with Gasteiger partial charge in [-0.15, -0.1) is 0 Å². The zero-order chi connectivity index (χ0) is 12.5. The summed E-state index contributed by atoms with van der Waals surface area (Å²) >= 11 is 0. The van der Waals surface area contributed by atoms with Crippen molar-refractivity contribution in [2.45, 2.75) is 45.6 Å². The standard InChI is InChI=1S/C14H30N2O/c1-13(2)16(10-4-5-11-17-3)12-14-6-8-15-9-7-14/h13-15H,4-12H2,1-3H3. The third kappa shape index (κ3) is 6.39. The van der Waals surface area contributed by atoms with Gasteiger partial charge >= 0.3 is 0 Å². The van der Waals surface area contributed by atoms with Gasteiger partial charge in [-0.25, -0.2) is 0 Å².